The van der Waals surface area contributed by atoms with Gasteiger partial charge in [0.2, 0.25) is 5.78 Å². The van der Waals surface area contributed by atoms with Gasteiger partial charge in [-0.2, -0.15) is 13.2 Å². The van der Waals surface area contributed by atoms with E-state index in [-0.39, 0.29) is 28.1 Å². The van der Waals surface area contributed by atoms with Gasteiger partial charge in [-0.3, -0.25) is 4.79 Å². The Morgan fingerprint density at radius 1 is 1.33 bits per heavy atom. The van der Waals surface area contributed by atoms with Crippen LogP contribution in [0, 0.1) is 0 Å². The molecule has 0 spiro atoms. The molecule has 0 aromatic heterocycles. The van der Waals surface area contributed by atoms with Gasteiger partial charge in [-0.25, -0.2) is 0 Å². The van der Waals surface area contributed by atoms with Crippen molar-refractivity contribution in [2.45, 2.75) is 6.18 Å². The maximum atomic E-state index is 12.7. The summed E-state index contributed by atoms with van der Waals surface area (Å²) >= 11 is 2.86. The monoisotopic (exact) mass is 321 g/mol. The van der Waals surface area contributed by atoms with Crippen molar-refractivity contribution in [2.24, 2.45) is 5.73 Å². The second kappa shape index (κ2) is 4.31. The smallest absolute Gasteiger partial charge is 0.417 e. The van der Waals surface area contributed by atoms with Gasteiger partial charge < -0.3 is 10.5 Å². The number of hydrogen-bond donors (Lipinski definition) is 1. The molecule has 3 nitrogen and oxygen atoms in total. The Kier molecular flexibility index (Phi) is 3.10. The second-order valence-electron chi connectivity index (χ2n) is 3.62. The first-order valence-corrected chi connectivity index (χ1v) is 5.63. The average Bonchev–Trinajstić information content (AvgIpc) is 2.58. The Labute approximate surface area is 109 Å². The van der Waals surface area contributed by atoms with Crippen molar-refractivity contribution < 1.29 is 22.7 Å². The largest absolute Gasteiger partial charge is 0.470 e. The molecule has 0 atom stereocenters. The first-order chi connectivity index (χ1) is 8.32. The highest BCUT2D eigenvalue weighted by Gasteiger charge is 2.35. The molecule has 1 aromatic carbocycles. The second-order valence-corrected chi connectivity index (χ2v) is 4.41. The standard InChI is InChI=1S/C11H7BrF3NO2/c12-9-5(8-7(17)4-18-10(8)16)2-1-3-6(9)11(13,14)15/h1-3H,4,16H2. The van der Waals surface area contributed by atoms with E-state index in [1.165, 1.54) is 12.1 Å². The zero-order valence-electron chi connectivity index (χ0n) is 8.84. The third-order valence-electron chi connectivity index (χ3n) is 2.46. The van der Waals surface area contributed by atoms with Gasteiger partial charge in [0.15, 0.2) is 12.5 Å². The molecular formula is C11H7BrF3NO2. The highest BCUT2D eigenvalue weighted by Crippen LogP contribution is 2.39. The number of Topliss-reactive ketones (excluding diaryl/α,β-unsaturated/α-hetero) is 1. The molecule has 1 aliphatic rings. The van der Waals surface area contributed by atoms with Crippen LogP contribution in [-0.2, 0) is 15.7 Å². The van der Waals surface area contributed by atoms with Gasteiger partial charge in [-0.05, 0) is 22.0 Å². The zero-order chi connectivity index (χ0) is 13.5. The Bertz CT molecular complexity index is 552. The fourth-order valence-electron chi connectivity index (χ4n) is 1.65. The van der Waals surface area contributed by atoms with E-state index in [0.717, 1.165) is 6.07 Å². The van der Waals surface area contributed by atoms with E-state index in [2.05, 4.69) is 15.9 Å². The van der Waals surface area contributed by atoms with Crippen LogP contribution in [0.4, 0.5) is 13.2 Å². The summed E-state index contributed by atoms with van der Waals surface area (Å²) in [5.41, 5.74) is 4.67. The number of hydrogen-bond acceptors (Lipinski definition) is 3. The summed E-state index contributed by atoms with van der Waals surface area (Å²) in [6.07, 6.45) is -4.51. The summed E-state index contributed by atoms with van der Waals surface area (Å²) < 4.78 is 42.8. The topological polar surface area (TPSA) is 52.3 Å². The minimum atomic E-state index is -4.51. The SMILES string of the molecule is NC1=C(c2cccc(C(F)(F)F)c2Br)C(=O)CO1. The molecule has 0 fully saturated rings. The van der Waals surface area contributed by atoms with Crippen LogP contribution in [0.3, 0.4) is 0 Å². The van der Waals surface area contributed by atoms with Crippen molar-refractivity contribution in [1.29, 1.82) is 0 Å². The van der Waals surface area contributed by atoms with E-state index in [4.69, 9.17) is 10.5 Å². The summed E-state index contributed by atoms with van der Waals surface area (Å²) in [4.78, 5) is 11.5. The van der Waals surface area contributed by atoms with E-state index >= 15 is 0 Å². The number of alkyl halides is 3. The first-order valence-electron chi connectivity index (χ1n) is 4.84. The maximum Gasteiger partial charge on any atom is 0.417 e. The highest BCUT2D eigenvalue weighted by molar-refractivity contribution is 9.10. The number of ether oxygens (including phenoxy) is 1. The first kappa shape index (κ1) is 12.9. The molecule has 0 radical (unpaired) electrons. The molecule has 0 aliphatic carbocycles. The number of benzene rings is 1. The number of carbonyl (C=O) groups excluding carboxylic acids is 1. The lowest BCUT2D eigenvalue weighted by Crippen LogP contribution is -2.09. The summed E-state index contributed by atoms with van der Waals surface area (Å²) in [6.45, 7) is -0.246. The van der Waals surface area contributed by atoms with E-state index in [0.29, 0.717) is 0 Å². The molecule has 0 unspecified atom stereocenters. The fraction of sp³-hybridized carbons (Fsp3) is 0.182. The molecule has 1 aromatic rings. The lowest BCUT2D eigenvalue weighted by Gasteiger charge is -2.12. The van der Waals surface area contributed by atoms with Gasteiger partial charge in [-0.1, -0.05) is 12.1 Å². The minimum absolute atomic E-state index is 0.0204. The van der Waals surface area contributed by atoms with Gasteiger partial charge in [0.1, 0.15) is 0 Å². The number of carbonyl (C=O) groups is 1. The zero-order valence-corrected chi connectivity index (χ0v) is 10.4. The van der Waals surface area contributed by atoms with Crippen molar-refractivity contribution in [3.63, 3.8) is 0 Å². The Morgan fingerprint density at radius 2 is 2.00 bits per heavy atom. The predicted octanol–water partition coefficient (Wildman–Crippen LogP) is 2.69. The minimum Gasteiger partial charge on any atom is -0.470 e. The molecule has 2 N–H and O–H groups in total. The summed E-state index contributed by atoms with van der Waals surface area (Å²) in [5.74, 6) is -0.590. The third kappa shape index (κ3) is 2.10. The predicted molar refractivity (Wildman–Crippen MR) is 61.2 cm³/mol. The Balaban J connectivity index is 2.61. The van der Waals surface area contributed by atoms with Crippen LogP contribution < -0.4 is 5.73 Å². The maximum absolute atomic E-state index is 12.7. The average molecular weight is 322 g/mol. The highest BCUT2D eigenvalue weighted by atomic mass is 79.9. The molecule has 96 valence electrons. The molecular weight excluding hydrogens is 315 g/mol. The lowest BCUT2D eigenvalue weighted by molar-refractivity contribution is -0.138. The van der Waals surface area contributed by atoms with Gasteiger partial charge in [0, 0.05) is 10.0 Å². The third-order valence-corrected chi connectivity index (χ3v) is 3.31. The lowest BCUT2D eigenvalue weighted by atomic mass is 10.0. The van der Waals surface area contributed by atoms with E-state index in [1.54, 1.807) is 0 Å². The molecule has 0 bridgehead atoms. The van der Waals surface area contributed by atoms with Crippen LogP contribution in [0.2, 0.25) is 0 Å². The summed E-state index contributed by atoms with van der Waals surface area (Å²) in [6, 6.07) is 3.52. The molecule has 1 heterocycles. The van der Waals surface area contributed by atoms with Crippen molar-refractivity contribution in [3.8, 4) is 0 Å². The van der Waals surface area contributed by atoms with Crippen molar-refractivity contribution in [3.05, 3.63) is 39.7 Å². The molecule has 0 amide bonds. The molecule has 7 heteroatoms. The molecule has 18 heavy (non-hydrogen) atoms. The number of rotatable bonds is 1. The van der Waals surface area contributed by atoms with Gasteiger partial charge in [-0.15, -0.1) is 0 Å². The van der Waals surface area contributed by atoms with E-state index in [9.17, 15) is 18.0 Å². The molecule has 1 aliphatic heterocycles. The van der Waals surface area contributed by atoms with Crippen LogP contribution >= 0.6 is 15.9 Å². The molecule has 0 saturated carbocycles. The van der Waals surface area contributed by atoms with Crippen molar-refractivity contribution in [1.82, 2.24) is 0 Å². The van der Waals surface area contributed by atoms with Gasteiger partial charge in [0.25, 0.3) is 0 Å². The fourth-order valence-corrected chi connectivity index (χ4v) is 2.34. The van der Waals surface area contributed by atoms with Gasteiger partial charge >= 0.3 is 6.18 Å². The van der Waals surface area contributed by atoms with Crippen molar-refractivity contribution in [2.75, 3.05) is 6.61 Å². The van der Waals surface area contributed by atoms with Crippen LogP contribution in [0.1, 0.15) is 11.1 Å². The van der Waals surface area contributed by atoms with Gasteiger partial charge in [0.05, 0.1) is 11.1 Å². The number of nitrogens with two attached hydrogens (primary N) is 1. The number of halogens is 4. The van der Waals surface area contributed by atoms with E-state index in [1.807, 2.05) is 0 Å². The van der Waals surface area contributed by atoms with Crippen LogP contribution in [0.25, 0.3) is 5.57 Å². The normalized spacial score (nSPS) is 16.1. The van der Waals surface area contributed by atoms with E-state index < -0.39 is 17.5 Å². The quantitative estimate of drug-likeness (QED) is 0.865. The molecule has 0 saturated heterocycles. The van der Waals surface area contributed by atoms with Crippen LogP contribution in [0.15, 0.2) is 28.6 Å². The summed E-state index contributed by atoms with van der Waals surface area (Å²) in [7, 11) is 0. The van der Waals surface area contributed by atoms with Crippen LogP contribution in [0.5, 0.6) is 0 Å². The van der Waals surface area contributed by atoms with Crippen molar-refractivity contribution >= 4 is 27.3 Å². The summed E-state index contributed by atoms with van der Waals surface area (Å²) in [5, 5.41) is 0. The number of ketones is 1. The Hall–Kier alpha value is -1.50. The van der Waals surface area contributed by atoms with Crippen LogP contribution in [-0.4, -0.2) is 12.4 Å². The molecule has 2 rings (SSSR count). The Morgan fingerprint density at radius 3 is 2.50 bits per heavy atom.